The van der Waals surface area contributed by atoms with Gasteiger partial charge in [0, 0.05) is 19.3 Å². The monoisotopic (exact) mass is 254 g/mol. The van der Waals surface area contributed by atoms with Crippen LogP contribution in [0.4, 0.5) is 0 Å². The first-order valence-electron chi connectivity index (χ1n) is 6.13. The fourth-order valence-electron chi connectivity index (χ4n) is 2.11. The van der Waals surface area contributed by atoms with Gasteiger partial charge in [0.1, 0.15) is 6.54 Å². The Balaban J connectivity index is 1.88. The second kappa shape index (κ2) is 6.10. The zero-order valence-electron chi connectivity index (χ0n) is 9.93. The maximum absolute atomic E-state index is 12.1. The second-order valence-corrected chi connectivity index (χ2v) is 5.31. The molecule has 2 aliphatic rings. The summed E-state index contributed by atoms with van der Waals surface area (Å²) in [6.07, 6.45) is 6.31. The Morgan fingerprint density at radius 3 is 2.59 bits per heavy atom. The fraction of sp³-hybridized carbons (Fsp3) is 0.667. The summed E-state index contributed by atoms with van der Waals surface area (Å²) in [5.74, 6) is 0.557. The van der Waals surface area contributed by atoms with E-state index in [9.17, 15) is 9.59 Å². The van der Waals surface area contributed by atoms with Crippen molar-refractivity contribution in [2.24, 2.45) is 0 Å². The molecule has 2 amide bonds. The van der Waals surface area contributed by atoms with Crippen LogP contribution in [0.5, 0.6) is 0 Å². The average Bonchev–Trinajstić information content (AvgIpc) is 2.61. The van der Waals surface area contributed by atoms with Gasteiger partial charge >= 0.3 is 0 Å². The van der Waals surface area contributed by atoms with Crippen LogP contribution < -0.4 is 0 Å². The Labute approximate surface area is 106 Å². The third-order valence-corrected chi connectivity index (χ3v) is 3.86. The van der Waals surface area contributed by atoms with Gasteiger partial charge in [0.15, 0.2) is 0 Å². The van der Waals surface area contributed by atoms with E-state index in [2.05, 4.69) is 0 Å². The number of likely N-dealkylation sites (tertiary alicyclic amines) is 1. The molecular weight excluding hydrogens is 236 g/mol. The van der Waals surface area contributed by atoms with E-state index < -0.39 is 0 Å². The zero-order chi connectivity index (χ0) is 12.1. The van der Waals surface area contributed by atoms with Gasteiger partial charge in [-0.15, -0.1) is 11.8 Å². The van der Waals surface area contributed by atoms with Crippen molar-refractivity contribution in [3.63, 3.8) is 0 Å². The van der Waals surface area contributed by atoms with Crippen molar-refractivity contribution < 1.29 is 9.59 Å². The maximum Gasteiger partial charge on any atom is 0.242 e. The van der Waals surface area contributed by atoms with Crippen LogP contribution in [-0.2, 0) is 9.59 Å². The van der Waals surface area contributed by atoms with Crippen molar-refractivity contribution in [1.29, 1.82) is 0 Å². The predicted molar refractivity (Wildman–Crippen MR) is 68.4 cm³/mol. The van der Waals surface area contributed by atoms with Gasteiger partial charge in [-0.1, -0.05) is 12.8 Å². The zero-order valence-corrected chi connectivity index (χ0v) is 10.7. The van der Waals surface area contributed by atoms with Gasteiger partial charge in [-0.25, -0.2) is 0 Å². The van der Waals surface area contributed by atoms with E-state index >= 15 is 0 Å². The Kier molecular flexibility index (Phi) is 4.48. The normalized spacial score (nSPS) is 21.5. The summed E-state index contributed by atoms with van der Waals surface area (Å²) in [5.41, 5.74) is 0. The van der Waals surface area contributed by atoms with Gasteiger partial charge in [0.25, 0.3) is 0 Å². The van der Waals surface area contributed by atoms with Gasteiger partial charge in [-0.2, -0.15) is 0 Å². The SMILES string of the molecule is O=C1CSC=CN1CC(=O)N1CCCCCC1. The lowest BCUT2D eigenvalue weighted by atomic mass is 10.2. The number of hydrogen-bond donors (Lipinski definition) is 0. The molecule has 2 heterocycles. The topological polar surface area (TPSA) is 40.6 Å². The van der Waals surface area contributed by atoms with Gasteiger partial charge in [0.05, 0.1) is 5.75 Å². The lowest BCUT2D eigenvalue weighted by Gasteiger charge is -2.25. The molecule has 1 saturated heterocycles. The minimum Gasteiger partial charge on any atom is -0.341 e. The van der Waals surface area contributed by atoms with Crippen LogP contribution in [0.25, 0.3) is 0 Å². The molecule has 94 valence electrons. The van der Waals surface area contributed by atoms with Crippen LogP contribution in [0.2, 0.25) is 0 Å². The first-order chi connectivity index (χ1) is 8.27. The summed E-state index contributed by atoms with van der Waals surface area (Å²) < 4.78 is 0. The highest BCUT2D eigenvalue weighted by Crippen LogP contribution is 2.14. The predicted octanol–water partition coefficient (Wildman–Crippen LogP) is 1.44. The molecule has 0 spiro atoms. The molecule has 0 aromatic rings. The highest BCUT2D eigenvalue weighted by atomic mass is 32.2. The van der Waals surface area contributed by atoms with E-state index in [1.54, 1.807) is 6.20 Å². The molecular formula is C12H18N2O2S. The Bertz CT molecular complexity index is 322. The first kappa shape index (κ1) is 12.5. The molecule has 0 aromatic heterocycles. The summed E-state index contributed by atoms with van der Waals surface area (Å²) in [4.78, 5) is 27.0. The standard InChI is InChI=1S/C12H18N2O2S/c15-11(13-5-3-1-2-4-6-13)9-14-7-8-17-10-12(14)16/h7-8H,1-6,9-10H2. The van der Waals surface area contributed by atoms with Gasteiger partial charge < -0.3 is 9.80 Å². The minimum absolute atomic E-state index is 0.0284. The molecule has 1 fully saturated rings. The van der Waals surface area contributed by atoms with Crippen molar-refractivity contribution >= 4 is 23.6 Å². The van der Waals surface area contributed by atoms with Crippen LogP contribution >= 0.6 is 11.8 Å². The molecule has 0 saturated carbocycles. The van der Waals surface area contributed by atoms with E-state index in [0.717, 1.165) is 25.9 Å². The summed E-state index contributed by atoms with van der Waals surface area (Å²) in [6.45, 7) is 1.90. The molecule has 2 aliphatic heterocycles. The number of amides is 2. The van der Waals surface area contributed by atoms with Crippen molar-refractivity contribution in [3.8, 4) is 0 Å². The molecule has 0 aromatic carbocycles. The molecule has 0 N–H and O–H groups in total. The van der Waals surface area contributed by atoms with E-state index in [4.69, 9.17) is 0 Å². The number of carbonyl (C=O) groups is 2. The van der Waals surface area contributed by atoms with Crippen LogP contribution in [-0.4, -0.2) is 47.0 Å². The molecule has 0 bridgehead atoms. The number of rotatable bonds is 2. The summed E-state index contributed by atoms with van der Waals surface area (Å²) in [5, 5.41) is 1.87. The Morgan fingerprint density at radius 1 is 1.24 bits per heavy atom. The summed E-state index contributed by atoms with van der Waals surface area (Å²) in [7, 11) is 0. The molecule has 0 unspecified atom stereocenters. The van der Waals surface area contributed by atoms with Crippen molar-refractivity contribution in [1.82, 2.24) is 9.80 Å². The second-order valence-electron chi connectivity index (χ2n) is 4.41. The van der Waals surface area contributed by atoms with E-state index in [-0.39, 0.29) is 18.4 Å². The molecule has 4 nitrogen and oxygen atoms in total. The van der Waals surface area contributed by atoms with Crippen molar-refractivity contribution in [2.75, 3.05) is 25.4 Å². The number of nitrogens with zero attached hydrogens (tertiary/aromatic N) is 2. The summed E-state index contributed by atoms with van der Waals surface area (Å²) in [6, 6.07) is 0. The smallest absolute Gasteiger partial charge is 0.242 e. The number of carbonyl (C=O) groups excluding carboxylic acids is 2. The first-order valence-corrected chi connectivity index (χ1v) is 7.18. The van der Waals surface area contributed by atoms with E-state index in [1.165, 1.54) is 29.5 Å². The third kappa shape index (κ3) is 3.49. The van der Waals surface area contributed by atoms with Crippen LogP contribution in [0.1, 0.15) is 25.7 Å². The quantitative estimate of drug-likeness (QED) is 0.748. The minimum atomic E-state index is 0.0284. The van der Waals surface area contributed by atoms with Crippen LogP contribution in [0.3, 0.4) is 0 Å². The average molecular weight is 254 g/mol. The molecule has 5 heteroatoms. The molecule has 17 heavy (non-hydrogen) atoms. The highest BCUT2D eigenvalue weighted by molar-refractivity contribution is 8.02. The maximum atomic E-state index is 12.1. The summed E-state index contributed by atoms with van der Waals surface area (Å²) >= 11 is 1.48. The van der Waals surface area contributed by atoms with Gasteiger partial charge in [-0.3, -0.25) is 9.59 Å². The largest absolute Gasteiger partial charge is 0.341 e. The lowest BCUT2D eigenvalue weighted by Crippen LogP contribution is -2.42. The van der Waals surface area contributed by atoms with Crippen LogP contribution in [0, 0.1) is 0 Å². The van der Waals surface area contributed by atoms with Gasteiger partial charge in [0.2, 0.25) is 11.8 Å². The third-order valence-electron chi connectivity index (χ3n) is 3.13. The van der Waals surface area contributed by atoms with Crippen LogP contribution in [0.15, 0.2) is 11.6 Å². The molecule has 0 radical (unpaired) electrons. The van der Waals surface area contributed by atoms with E-state index in [0.29, 0.717) is 5.75 Å². The fourth-order valence-corrected chi connectivity index (χ4v) is 2.75. The Morgan fingerprint density at radius 2 is 1.94 bits per heavy atom. The molecule has 2 rings (SSSR count). The highest BCUT2D eigenvalue weighted by Gasteiger charge is 2.21. The molecule has 0 aliphatic carbocycles. The van der Waals surface area contributed by atoms with Crippen molar-refractivity contribution in [2.45, 2.75) is 25.7 Å². The molecule has 0 atom stereocenters. The lowest BCUT2D eigenvalue weighted by molar-refractivity contribution is -0.137. The Hall–Kier alpha value is -0.970. The number of thioether (sulfide) groups is 1. The van der Waals surface area contributed by atoms with Gasteiger partial charge in [-0.05, 0) is 18.2 Å². The number of hydrogen-bond acceptors (Lipinski definition) is 3. The van der Waals surface area contributed by atoms with E-state index in [1.807, 2.05) is 10.3 Å². The van der Waals surface area contributed by atoms with Crippen molar-refractivity contribution in [3.05, 3.63) is 11.6 Å².